The van der Waals surface area contributed by atoms with E-state index in [0.717, 1.165) is 29.6 Å². The molecule has 1 aromatic rings. The van der Waals surface area contributed by atoms with Crippen LogP contribution in [0, 0.1) is 19.3 Å². The first kappa shape index (κ1) is 20.6. The first-order chi connectivity index (χ1) is 10.4. The summed E-state index contributed by atoms with van der Waals surface area (Å²) >= 11 is 1.72. The molecule has 0 spiro atoms. The third-order valence-electron chi connectivity index (χ3n) is 4.56. The summed E-state index contributed by atoms with van der Waals surface area (Å²) in [5.41, 5.74) is 1.23. The van der Waals surface area contributed by atoms with Gasteiger partial charge in [-0.2, -0.15) is 0 Å². The Kier molecular flexibility index (Phi) is 7.73. The topological polar surface area (TPSA) is 58.5 Å². The molecule has 0 radical (unpaired) electrons. The van der Waals surface area contributed by atoms with Gasteiger partial charge >= 0.3 is 0 Å². The predicted molar refractivity (Wildman–Crippen MR) is 108 cm³/mol. The van der Waals surface area contributed by atoms with Crippen LogP contribution in [0.15, 0.2) is 4.99 Å². The highest BCUT2D eigenvalue weighted by molar-refractivity contribution is 14.0. The number of aromatic nitrogens is 1. The average Bonchev–Trinajstić information content (AvgIpc) is 2.79. The van der Waals surface area contributed by atoms with Gasteiger partial charge in [0.2, 0.25) is 0 Å². The maximum Gasteiger partial charge on any atom is 0.191 e. The van der Waals surface area contributed by atoms with Crippen LogP contribution in [0.2, 0.25) is 0 Å². The van der Waals surface area contributed by atoms with Crippen molar-refractivity contribution in [2.75, 3.05) is 13.7 Å². The minimum absolute atomic E-state index is 0. The van der Waals surface area contributed by atoms with E-state index in [1.54, 1.807) is 18.4 Å². The molecule has 0 saturated heterocycles. The van der Waals surface area contributed by atoms with Gasteiger partial charge in [-0.1, -0.05) is 13.8 Å². The van der Waals surface area contributed by atoms with E-state index >= 15 is 0 Å². The number of hydrogen-bond donors (Lipinski definition) is 2. The second-order valence-corrected chi connectivity index (χ2v) is 7.71. The minimum Gasteiger partial charge on any atom is -0.381 e. The van der Waals surface area contributed by atoms with E-state index in [4.69, 9.17) is 4.74 Å². The summed E-state index contributed by atoms with van der Waals surface area (Å²) < 4.78 is 5.51. The molecule has 1 fully saturated rings. The van der Waals surface area contributed by atoms with Crippen molar-refractivity contribution < 1.29 is 4.74 Å². The van der Waals surface area contributed by atoms with Crippen LogP contribution in [-0.2, 0) is 11.3 Å². The zero-order chi connectivity index (χ0) is 16.3. The van der Waals surface area contributed by atoms with Gasteiger partial charge < -0.3 is 15.4 Å². The van der Waals surface area contributed by atoms with Crippen molar-refractivity contribution in [3.05, 3.63) is 15.6 Å². The molecule has 0 aliphatic heterocycles. The molecular weight excluding hydrogens is 423 g/mol. The van der Waals surface area contributed by atoms with Crippen LogP contribution in [-0.4, -0.2) is 36.7 Å². The highest BCUT2D eigenvalue weighted by Gasteiger charge is 2.48. The number of thiazole rings is 1. The molecule has 1 aliphatic rings. The number of aliphatic imine (C=N–C) groups is 1. The molecule has 0 aromatic carbocycles. The summed E-state index contributed by atoms with van der Waals surface area (Å²) in [6.45, 7) is 12.2. The fourth-order valence-electron chi connectivity index (χ4n) is 2.77. The number of nitrogens with one attached hydrogen (secondary N) is 2. The maximum absolute atomic E-state index is 5.51. The monoisotopic (exact) mass is 452 g/mol. The zero-order valence-corrected chi connectivity index (χ0v) is 18.0. The maximum atomic E-state index is 5.51. The number of nitrogens with zero attached hydrogens (tertiary/aromatic N) is 2. The van der Waals surface area contributed by atoms with Gasteiger partial charge in [0.25, 0.3) is 0 Å². The van der Waals surface area contributed by atoms with Crippen molar-refractivity contribution in [3.63, 3.8) is 0 Å². The smallest absolute Gasteiger partial charge is 0.191 e. The molecule has 1 saturated carbocycles. The van der Waals surface area contributed by atoms with Crippen molar-refractivity contribution >= 4 is 41.3 Å². The van der Waals surface area contributed by atoms with E-state index in [-0.39, 0.29) is 29.4 Å². The molecule has 5 nitrogen and oxygen atoms in total. The summed E-state index contributed by atoms with van der Waals surface area (Å²) in [5.74, 6) is 0.862. The van der Waals surface area contributed by atoms with Crippen LogP contribution >= 0.6 is 35.3 Å². The Morgan fingerprint density at radius 2 is 2.13 bits per heavy atom. The highest BCUT2D eigenvalue weighted by atomic mass is 127. The van der Waals surface area contributed by atoms with Crippen molar-refractivity contribution in [2.45, 2.75) is 59.7 Å². The van der Waals surface area contributed by atoms with Gasteiger partial charge in [-0.05, 0) is 27.2 Å². The Hall–Kier alpha value is -0.410. The standard InChI is InChI=1S/C16H28N4OS.HI/c1-7-17-15(18-9-14-19-10(2)11(3)22-14)20-12-8-13(21-6)16(12,4)5;/h12-13H,7-9H2,1-6H3,(H2,17,18,20);1H. The largest absolute Gasteiger partial charge is 0.381 e. The summed E-state index contributed by atoms with van der Waals surface area (Å²) in [4.78, 5) is 10.5. The molecule has 1 heterocycles. The Bertz CT molecular complexity index is 525. The quantitative estimate of drug-likeness (QED) is 0.409. The first-order valence-corrected chi connectivity index (χ1v) is 8.70. The lowest BCUT2D eigenvalue weighted by Gasteiger charge is -2.51. The fourth-order valence-corrected chi connectivity index (χ4v) is 3.63. The lowest BCUT2D eigenvalue weighted by Crippen LogP contribution is -2.63. The molecule has 1 aliphatic carbocycles. The predicted octanol–water partition coefficient (Wildman–Crippen LogP) is 3.25. The second-order valence-electron chi connectivity index (χ2n) is 6.42. The Labute approximate surface area is 160 Å². The van der Waals surface area contributed by atoms with Crippen LogP contribution in [0.1, 0.15) is 42.8 Å². The molecule has 0 bridgehead atoms. The number of aryl methyl sites for hydroxylation is 2. The molecule has 1 aromatic heterocycles. The highest BCUT2D eigenvalue weighted by Crippen LogP contribution is 2.42. The van der Waals surface area contributed by atoms with Gasteiger partial charge in [0.15, 0.2) is 5.96 Å². The minimum atomic E-state index is 0. The van der Waals surface area contributed by atoms with Crippen LogP contribution in [0.5, 0.6) is 0 Å². The van der Waals surface area contributed by atoms with Crippen LogP contribution < -0.4 is 10.6 Å². The molecule has 2 rings (SSSR count). The second kappa shape index (κ2) is 8.62. The SMILES string of the molecule is CCNC(=NCc1nc(C)c(C)s1)NC1CC(OC)C1(C)C.I. The summed E-state index contributed by atoms with van der Waals surface area (Å²) in [6, 6.07) is 0.384. The Morgan fingerprint density at radius 3 is 2.61 bits per heavy atom. The lowest BCUT2D eigenvalue weighted by atomic mass is 9.64. The molecule has 132 valence electrons. The Balaban J connectivity index is 0.00000264. The molecule has 2 N–H and O–H groups in total. The van der Waals surface area contributed by atoms with Crippen molar-refractivity contribution in [2.24, 2.45) is 10.4 Å². The Morgan fingerprint density at radius 1 is 1.43 bits per heavy atom. The van der Waals surface area contributed by atoms with E-state index in [0.29, 0.717) is 18.7 Å². The summed E-state index contributed by atoms with van der Waals surface area (Å²) in [7, 11) is 1.79. The van der Waals surface area contributed by atoms with Gasteiger partial charge in [0.1, 0.15) is 5.01 Å². The molecule has 2 unspecified atom stereocenters. The molecule has 23 heavy (non-hydrogen) atoms. The third kappa shape index (κ3) is 4.79. The molecular formula is C16H29IN4OS. The van der Waals surface area contributed by atoms with Crippen LogP contribution in [0.25, 0.3) is 0 Å². The average molecular weight is 452 g/mol. The van der Waals surface area contributed by atoms with Gasteiger partial charge in [0, 0.05) is 30.0 Å². The van der Waals surface area contributed by atoms with Gasteiger partial charge in [-0.25, -0.2) is 9.98 Å². The molecule has 0 amide bonds. The van der Waals surface area contributed by atoms with E-state index < -0.39 is 0 Å². The number of guanidine groups is 1. The van der Waals surface area contributed by atoms with E-state index in [2.05, 4.69) is 48.3 Å². The van der Waals surface area contributed by atoms with Gasteiger partial charge in [-0.15, -0.1) is 35.3 Å². The van der Waals surface area contributed by atoms with Crippen molar-refractivity contribution in [1.82, 2.24) is 15.6 Å². The number of hydrogen-bond acceptors (Lipinski definition) is 4. The van der Waals surface area contributed by atoms with Crippen LogP contribution in [0.3, 0.4) is 0 Å². The van der Waals surface area contributed by atoms with Gasteiger partial charge in [0.05, 0.1) is 18.3 Å². The van der Waals surface area contributed by atoms with Crippen LogP contribution in [0.4, 0.5) is 0 Å². The number of methoxy groups -OCH3 is 1. The zero-order valence-electron chi connectivity index (χ0n) is 14.9. The number of ether oxygens (including phenoxy) is 1. The fraction of sp³-hybridized carbons (Fsp3) is 0.750. The summed E-state index contributed by atoms with van der Waals surface area (Å²) in [5, 5.41) is 7.92. The normalized spacial score (nSPS) is 23.0. The first-order valence-electron chi connectivity index (χ1n) is 7.89. The summed E-state index contributed by atoms with van der Waals surface area (Å²) in [6.07, 6.45) is 1.33. The molecule has 7 heteroatoms. The van der Waals surface area contributed by atoms with E-state index in [1.807, 2.05) is 6.92 Å². The van der Waals surface area contributed by atoms with Crippen molar-refractivity contribution in [3.8, 4) is 0 Å². The number of halogens is 1. The van der Waals surface area contributed by atoms with Crippen molar-refractivity contribution in [1.29, 1.82) is 0 Å². The van der Waals surface area contributed by atoms with Gasteiger partial charge in [-0.3, -0.25) is 0 Å². The van der Waals surface area contributed by atoms with E-state index in [1.165, 1.54) is 4.88 Å². The lowest BCUT2D eigenvalue weighted by molar-refractivity contribution is -0.0922. The third-order valence-corrected chi connectivity index (χ3v) is 5.62. The van der Waals surface area contributed by atoms with E-state index in [9.17, 15) is 0 Å². The molecule has 2 atom stereocenters. The number of rotatable bonds is 5.